The number of nitrogens with one attached hydrogen (secondary N) is 2. The van der Waals surface area contributed by atoms with Crippen LogP contribution in [0.3, 0.4) is 0 Å². The maximum atomic E-state index is 12.7. The maximum absolute atomic E-state index is 12.7. The van der Waals surface area contributed by atoms with E-state index in [1.54, 1.807) is 48.5 Å². The van der Waals surface area contributed by atoms with Crippen molar-refractivity contribution in [3.63, 3.8) is 0 Å². The van der Waals surface area contributed by atoms with Crippen molar-refractivity contribution < 1.29 is 13.2 Å². The molecule has 1 aliphatic carbocycles. The van der Waals surface area contributed by atoms with E-state index >= 15 is 0 Å². The van der Waals surface area contributed by atoms with Crippen LogP contribution in [0.15, 0.2) is 53.4 Å². The second kappa shape index (κ2) is 7.91. The Hall–Kier alpha value is -2.34. The molecule has 0 radical (unpaired) electrons. The minimum Gasteiger partial charge on any atom is -0.349 e. The number of hydrogen-bond acceptors (Lipinski definition) is 3. The molecule has 2 aromatic rings. The Morgan fingerprint density at radius 1 is 0.962 bits per heavy atom. The lowest BCUT2D eigenvalue weighted by Crippen LogP contribution is -2.36. The molecule has 1 aliphatic rings. The third kappa shape index (κ3) is 4.43. The average Bonchev–Trinajstić information content (AvgIpc) is 2.63. The van der Waals surface area contributed by atoms with Gasteiger partial charge in [0.15, 0.2) is 0 Å². The predicted octanol–water partition coefficient (Wildman–Crippen LogP) is 3.86. The van der Waals surface area contributed by atoms with E-state index in [1.165, 1.54) is 6.42 Å². The summed E-state index contributed by atoms with van der Waals surface area (Å²) in [7, 11) is -3.75. The third-order valence-electron chi connectivity index (χ3n) is 4.69. The van der Waals surface area contributed by atoms with Gasteiger partial charge in [0.05, 0.1) is 16.1 Å². The van der Waals surface area contributed by atoms with Crippen LogP contribution < -0.4 is 10.0 Å². The lowest BCUT2D eigenvalue weighted by molar-refractivity contribution is 0.0928. The van der Waals surface area contributed by atoms with Crippen LogP contribution in [-0.2, 0) is 10.0 Å². The van der Waals surface area contributed by atoms with Crippen LogP contribution in [0.25, 0.3) is 0 Å². The van der Waals surface area contributed by atoms with Gasteiger partial charge in [-0.25, -0.2) is 8.42 Å². The summed E-state index contributed by atoms with van der Waals surface area (Å²) in [5, 5.41) is 3.03. The van der Waals surface area contributed by atoms with Crippen molar-refractivity contribution in [3.8, 4) is 0 Å². The Morgan fingerprint density at radius 2 is 1.62 bits per heavy atom. The first-order valence-electron chi connectivity index (χ1n) is 8.95. The maximum Gasteiger partial charge on any atom is 0.261 e. The molecule has 3 rings (SSSR count). The Bertz CT molecular complexity index is 870. The summed E-state index contributed by atoms with van der Waals surface area (Å²) in [5.74, 6) is -0.237. The number of benzene rings is 2. The number of para-hydroxylation sites is 1. The molecule has 0 aromatic heterocycles. The van der Waals surface area contributed by atoms with Crippen LogP contribution in [-0.4, -0.2) is 20.4 Å². The molecular weight excluding hydrogens is 348 g/mol. The molecule has 2 aromatic carbocycles. The van der Waals surface area contributed by atoms with Gasteiger partial charge in [0.25, 0.3) is 15.9 Å². The van der Waals surface area contributed by atoms with Gasteiger partial charge in [0.1, 0.15) is 0 Å². The summed E-state index contributed by atoms with van der Waals surface area (Å²) in [4.78, 5) is 12.8. The highest BCUT2D eigenvalue weighted by atomic mass is 32.2. The second-order valence-corrected chi connectivity index (χ2v) is 8.45. The number of anilines is 1. The van der Waals surface area contributed by atoms with Gasteiger partial charge in [-0.1, -0.05) is 49.1 Å². The van der Waals surface area contributed by atoms with Gasteiger partial charge >= 0.3 is 0 Å². The minimum absolute atomic E-state index is 0.165. The first-order chi connectivity index (χ1) is 12.5. The Balaban J connectivity index is 1.80. The molecule has 0 unspecified atom stereocenters. The van der Waals surface area contributed by atoms with E-state index in [4.69, 9.17) is 0 Å². The number of carbonyl (C=O) groups is 1. The van der Waals surface area contributed by atoms with E-state index in [1.807, 2.05) is 6.92 Å². The van der Waals surface area contributed by atoms with Gasteiger partial charge < -0.3 is 5.32 Å². The smallest absolute Gasteiger partial charge is 0.261 e. The highest BCUT2D eigenvalue weighted by molar-refractivity contribution is 7.92. The van der Waals surface area contributed by atoms with E-state index in [2.05, 4.69) is 10.0 Å². The summed E-state index contributed by atoms with van der Waals surface area (Å²) in [6, 6.07) is 13.5. The molecular formula is C20H24N2O3S. The first-order valence-corrected chi connectivity index (χ1v) is 10.4. The SMILES string of the molecule is Cc1ccc(S(=O)(=O)Nc2ccccc2C(=O)NC2CCCCC2)cc1. The standard InChI is InChI=1S/C20H24N2O3S/c1-15-11-13-17(14-12-15)26(24,25)22-19-10-6-5-9-18(19)20(23)21-16-7-3-2-4-8-16/h5-6,9-14,16,22H,2-4,7-8H2,1H3,(H,21,23). The van der Waals surface area contributed by atoms with Crippen LogP contribution in [0.2, 0.25) is 0 Å². The van der Waals surface area contributed by atoms with Gasteiger partial charge in [-0.15, -0.1) is 0 Å². The molecule has 5 nitrogen and oxygen atoms in total. The van der Waals surface area contributed by atoms with Crippen molar-refractivity contribution in [2.45, 2.75) is 50.0 Å². The number of hydrogen-bond donors (Lipinski definition) is 2. The topological polar surface area (TPSA) is 75.3 Å². The lowest BCUT2D eigenvalue weighted by atomic mass is 9.95. The number of aryl methyl sites for hydroxylation is 1. The minimum atomic E-state index is -3.75. The summed E-state index contributed by atoms with van der Waals surface area (Å²) in [6.45, 7) is 1.90. The zero-order valence-corrected chi connectivity index (χ0v) is 15.7. The van der Waals surface area contributed by atoms with Gasteiger partial charge in [-0.2, -0.15) is 0 Å². The van der Waals surface area contributed by atoms with E-state index in [0.29, 0.717) is 11.3 Å². The number of amides is 1. The molecule has 0 saturated heterocycles. The Kier molecular flexibility index (Phi) is 5.61. The lowest BCUT2D eigenvalue weighted by Gasteiger charge is -2.23. The normalized spacial score (nSPS) is 15.4. The zero-order valence-electron chi connectivity index (χ0n) is 14.9. The van der Waals surface area contributed by atoms with Crippen molar-refractivity contribution >= 4 is 21.6 Å². The number of carbonyl (C=O) groups excluding carboxylic acids is 1. The van der Waals surface area contributed by atoms with Gasteiger partial charge in [-0.3, -0.25) is 9.52 Å². The van der Waals surface area contributed by atoms with Gasteiger partial charge in [0, 0.05) is 6.04 Å². The van der Waals surface area contributed by atoms with Crippen molar-refractivity contribution in [2.75, 3.05) is 4.72 Å². The Morgan fingerprint density at radius 3 is 2.31 bits per heavy atom. The molecule has 26 heavy (non-hydrogen) atoms. The molecule has 0 aliphatic heterocycles. The largest absolute Gasteiger partial charge is 0.349 e. The molecule has 6 heteroatoms. The highest BCUT2D eigenvalue weighted by Gasteiger charge is 2.21. The summed E-state index contributed by atoms with van der Waals surface area (Å²) in [6.07, 6.45) is 5.39. The molecule has 1 fully saturated rings. The van der Waals surface area contributed by atoms with E-state index < -0.39 is 10.0 Å². The molecule has 0 bridgehead atoms. The van der Waals surface area contributed by atoms with Crippen LogP contribution in [0.5, 0.6) is 0 Å². The van der Waals surface area contributed by atoms with Crippen molar-refractivity contribution in [3.05, 3.63) is 59.7 Å². The molecule has 1 amide bonds. The van der Waals surface area contributed by atoms with Crippen molar-refractivity contribution in [1.29, 1.82) is 0 Å². The first kappa shape index (κ1) is 18.5. The summed E-state index contributed by atoms with van der Waals surface area (Å²) < 4.78 is 27.8. The third-order valence-corrected chi connectivity index (χ3v) is 6.07. The Labute approximate surface area is 154 Å². The van der Waals surface area contributed by atoms with Gasteiger partial charge in [-0.05, 0) is 44.0 Å². The predicted molar refractivity (Wildman–Crippen MR) is 103 cm³/mol. The molecule has 1 saturated carbocycles. The monoisotopic (exact) mass is 372 g/mol. The van der Waals surface area contributed by atoms with E-state index in [-0.39, 0.29) is 16.8 Å². The highest BCUT2D eigenvalue weighted by Crippen LogP contribution is 2.22. The average molecular weight is 372 g/mol. The number of rotatable bonds is 5. The van der Waals surface area contributed by atoms with Gasteiger partial charge in [0.2, 0.25) is 0 Å². The number of sulfonamides is 1. The van der Waals surface area contributed by atoms with E-state index in [9.17, 15) is 13.2 Å². The molecule has 138 valence electrons. The van der Waals surface area contributed by atoms with E-state index in [0.717, 1.165) is 31.2 Å². The molecule has 2 N–H and O–H groups in total. The van der Waals surface area contributed by atoms with Crippen molar-refractivity contribution in [2.24, 2.45) is 0 Å². The van der Waals surface area contributed by atoms with Crippen LogP contribution in [0, 0.1) is 6.92 Å². The van der Waals surface area contributed by atoms with Crippen LogP contribution in [0.4, 0.5) is 5.69 Å². The summed E-state index contributed by atoms with van der Waals surface area (Å²) >= 11 is 0. The van der Waals surface area contributed by atoms with Crippen LogP contribution in [0.1, 0.15) is 48.0 Å². The molecule has 0 spiro atoms. The zero-order chi connectivity index (χ0) is 18.6. The second-order valence-electron chi connectivity index (χ2n) is 6.77. The molecule has 0 heterocycles. The summed E-state index contributed by atoms with van der Waals surface area (Å²) in [5.41, 5.74) is 1.62. The fourth-order valence-electron chi connectivity index (χ4n) is 3.20. The van der Waals surface area contributed by atoms with Crippen molar-refractivity contribution in [1.82, 2.24) is 5.32 Å². The fourth-order valence-corrected chi connectivity index (χ4v) is 4.28. The van der Waals surface area contributed by atoms with Crippen LogP contribution >= 0.6 is 0 Å². The fraction of sp³-hybridized carbons (Fsp3) is 0.350. The molecule has 0 atom stereocenters. The quantitative estimate of drug-likeness (QED) is 0.837.